The van der Waals surface area contributed by atoms with Crippen molar-refractivity contribution in [1.82, 2.24) is 9.80 Å². The van der Waals surface area contributed by atoms with Crippen molar-refractivity contribution in [3.63, 3.8) is 0 Å². The van der Waals surface area contributed by atoms with Crippen molar-refractivity contribution < 1.29 is 19.2 Å². The minimum Gasteiger partial charge on any atom is -0.309 e. The van der Waals surface area contributed by atoms with E-state index in [1.54, 1.807) is 24.3 Å². The van der Waals surface area contributed by atoms with Crippen molar-refractivity contribution in [3.05, 3.63) is 58.7 Å². The summed E-state index contributed by atoms with van der Waals surface area (Å²) in [7, 11) is 7.44. The van der Waals surface area contributed by atoms with Gasteiger partial charge >= 0.3 is 0 Å². The standard InChI is InChI=1S/C25H28N2O4/c1-26(2)11-9-22(28)24(30)16-5-7-20-18(13-16)15-19-14-17(6-8-21(19)20)25(31)23(29)10-12-27(3)4/h5-8,13-14H,9-12,15H2,1-4H3. The van der Waals surface area contributed by atoms with Crippen molar-refractivity contribution in [2.75, 3.05) is 41.3 Å². The van der Waals surface area contributed by atoms with Gasteiger partial charge in [0.1, 0.15) is 0 Å². The number of Topliss-reactive ketones (excluding diaryl/α,β-unsaturated/α-hetero) is 4. The number of rotatable bonds is 10. The van der Waals surface area contributed by atoms with E-state index in [2.05, 4.69) is 0 Å². The molecule has 0 atom stereocenters. The van der Waals surface area contributed by atoms with Gasteiger partial charge in [0.2, 0.25) is 23.1 Å². The van der Waals surface area contributed by atoms with Crippen LogP contribution in [0.3, 0.4) is 0 Å². The first-order chi connectivity index (χ1) is 14.7. The lowest BCUT2D eigenvalue weighted by Crippen LogP contribution is -2.21. The van der Waals surface area contributed by atoms with E-state index in [4.69, 9.17) is 0 Å². The van der Waals surface area contributed by atoms with Gasteiger partial charge in [-0.15, -0.1) is 0 Å². The third kappa shape index (κ3) is 5.21. The van der Waals surface area contributed by atoms with E-state index in [0.717, 1.165) is 22.3 Å². The van der Waals surface area contributed by atoms with Crippen LogP contribution in [0.5, 0.6) is 0 Å². The highest BCUT2D eigenvalue weighted by Crippen LogP contribution is 2.37. The molecule has 0 saturated heterocycles. The van der Waals surface area contributed by atoms with Crippen molar-refractivity contribution in [1.29, 1.82) is 0 Å². The number of ketones is 4. The van der Waals surface area contributed by atoms with E-state index in [9.17, 15) is 19.2 Å². The smallest absolute Gasteiger partial charge is 0.228 e. The molecule has 0 saturated carbocycles. The molecule has 31 heavy (non-hydrogen) atoms. The predicted octanol–water partition coefficient (Wildman–Crippen LogP) is 2.66. The van der Waals surface area contributed by atoms with E-state index in [-0.39, 0.29) is 12.8 Å². The summed E-state index contributed by atoms with van der Waals surface area (Å²) in [6.07, 6.45) is 0.942. The number of fused-ring (bicyclic) bond motifs is 3. The monoisotopic (exact) mass is 420 g/mol. The lowest BCUT2D eigenvalue weighted by molar-refractivity contribution is -0.116. The fraction of sp³-hybridized carbons (Fsp3) is 0.360. The van der Waals surface area contributed by atoms with Crippen LogP contribution in [0.4, 0.5) is 0 Å². The lowest BCUT2D eigenvalue weighted by atomic mass is 9.98. The molecule has 0 radical (unpaired) electrons. The summed E-state index contributed by atoms with van der Waals surface area (Å²) < 4.78 is 0. The van der Waals surface area contributed by atoms with Crippen LogP contribution in [0.1, 0.15) is 44.7 Å². The SMILES string of the molecule is CN(C)CCC(=O)C(=O)c1ccc2c(c1)Cc1cc(C(=O)C(=O)CCN(C)C)ccc1-2. The van der Waals surface area contributed by atoms with Gasteiger partial charge in [0.25, 0.3) is 0 Å². The summed E-state index contributed by atoms with van der Waals surface area (Å²) >= 11 is 0. The molecule has 3 rings (SSSR count). The van der Waals surface area contributed by atoms with E-state index < -0.39 is 23.1 Å². The predicted molar refractivity (Wildman–Crippen MR) is 120 cm³/mol. The molecule has 0 aromatic heterocycles. The zero-order valence-corrected chi connectivity index (χ0v) is 18.5. The molecule has 1 aliphatic carbocycles. The summed E-state index contributed by atoms with van der Waals surface area (Å²) in [5.74, 6) is -1.73. The Bertz CT molecular complexity index is 970. The summed E-state index contributed by atoms with van der Waals surface area (Å²) in [6, 6.07) is 10.6. The van der Waals surface area contributed by atoms with Gasteiger partial charge in [-0.2, -0.15) is 0 Å². The fourth-order valence-corrected chi connectivity index (χ4v) is 3.69. The van der Waals surface area contributed by atoms with E-state index >= 15 is 0 Å². The van der Waals surface area contributed by atoms with Gasteiger partial charge in [0.05, 0.1) is 0 Å². The summed E-state index contributed by atoms with van der Waals surface area (Å²) in [4.78, 5) is 53.1. The van der Waals surface area contributed by atoms with Gasteiger partial charge in [0, 0.05) is 37.1 Å². The Kier molecular flexibility index (Phi) is 6.93. The van der Waals surface area contributed by atoms with Crippen LogP contribution in [0.25, 0.3) is 11.1 Å². The highest BCUT2D eigenvalue weighted by Gasteiger charge is 2.24. The average molecular weight is 421 g/mol. The normalized spacial score (nSPS) is 12.1. The average Bonchev–Trinajstić information content (AvgIpc) is 3.11. The Morgan fingerprint density at radius 2 is 1.06 bits per heavy atom. The Hall–Kier alpha value is -2.96. The highest BCUT2D eigenvalue weighted by molar-refractivity contribution is 6.44. The molecule has 0 bridgehead atoms. The maximum atomic E-state index is 12.5. The first-order valence-electron chi connectivity index (χ1n) is 10.4. The molecule has 162 valence electrons. The van der Waals surface area contributed by atoms with Crippen molar-refractivity contribution >= 4 is 23.1 Å². The summed E-state index contributed by atoms with van der Waals surface area (Å²) in [5, 5.41) is 0. The van der Waals surface area contributed by atoms with Crippen LogP contribution >= 0.6 is 0 Å². The van der Waals surface area contributed by atoms with Gasteiger partial charge in [-0.3, -0.25) is 19.2 Å². The van der Waals surface area contributed by atoms with Gasteiger partial charge < -0.3 is 9.80 Å². The molecule has 0 unspecified atom stereocenters. The Morgan fingerprint density at radius 1 is 0.677 bits per heavy atom. The van der Waals surface area contributed by atoms with Crippen LogP contribution in [-0.4, -0.2) is 74.2 Å². The van der Waals surface area contributed by atoms with E-state index in [1.807, 2.05) is 50.1 Å². The van der Waals surface area contributed by atoms with Crippen LogP contribution in [0, 0.1) is 0 Å². The second kappa shape index (κ2) is 9.45. The fourth-order valence-electron chi connectivity index (χ4n) is 3.69. The quantitative estimate of drug-likeness (QED) is 0.371. The maximum absolute atomic E-state index is 12.5. The summed E-state index contributed by atoms with van der Waals surface area (Å²) in [6.45, 7) is 1.07. The van der Waals surface area contributed by atoms with Crippen LogP contribution in [0.2, 0.25) is 0 Å². The molecule has 0 amide bonds. The molecule has 0 spiro atoms. The first kappa shape index (κ1) is 22.7. The zero-order valence-electron chi connectivity index (χ0n) is 18.5. The van der Waals surface area contributed by atoms with E-state index in [1.165, 1.54) is 0 Å². The molecule has 6 heteroatoms. The zero-order chi connectivity index (χ0) is 22.7. The summed E-state index contributed by atoms with van der Waals surface area (Å²) in [5.41, 5.74) is 4.67. The first-order valence-corrected chi connectivity index (χ1v) is 10.4. The van der Waals surface area contributed by atoms with Gasteiger partial charge in [-0.05, 0) is 69.0 Å². The second-order valence-corrected chi connectivity index (χ2v) is 8.53. The number of benzene rings is 2. The van der Waals surface area contributed by atoms with Gasteiger partial charge in [-0.25, -0.2) is 0 Å². The van der Waals surface area contributed by atoms with Crippen LogP contribution < -0.4 is 0 Å². The molecule has 0 aliphatic heterocycles. The molecule has 6 nitrogen and oxygen atoms in total. The largest absolute Gasteiger partial charge is 0.309 e. The third-order valence-corrected chi connectivity index (χ3v) is 5.48. The van der Waals surface area contributed by atoms with E-state index in [0.29, 0.717) is 30.6 Å². The number of carbonyl (C=O) groups excluding carboxylic acids is 4. The number of hydrogen-bond donors (Lipinski definition) is 0. The van der Waals surface area contributed by atoms with Crippen molar-refractivity contribution in [2.24, 2.45) is 0 Å². The minimum absolute atomic E-state index is 0.191. The Balaban J connectivity index is 1.76. The number of carbonyl (C=O) groups is 4. The van der Waals surface area contributed by atoms with Crippen LogP contribution in [0.15, 0.2) is 36.4 Å². The Morgan fingerprint density at radius 3 is 1.42 bits per heavy atom. The number of hydrogen-bond acceptors (Lipinski definition) is 6. The highest BCUT2D eigenvalue weighted by atomic mass is 16.2. The van der Waals surface area contributed by atoms with Crippen molar-refractivity contribution in [3.8, 4) is 11.1 Å². The van der Waals surface area contributed by atoms with Crippen molar-refractivity contribution in [2.45, 2.75) is 19.3 Å². The second-order valence-electron chi connectivity index (χ2n) is 8.53. The Labute approximate surface area is 182 Å². The van der Waals surface area contributed by atoms with Gasteiger partial charge in [0.15, 0.2) is 0 Å². The topological polar surface area (TPSA) is 74.8 Å². The molecular formula is C25H28N2O4. The minimum atomic E-state index is -0.469. The maximum Gasteiger partial charge on any atom is 0.228 e. The molecule has 1 aliphatic rings. The molecular weight excluding hydrogens is 392 g/mol. The third-order valence-electron chi connectivity index (χ3n) is 5.48. The van der Waals surface area contributed by atoms with Crippen LogP contribution in [-0.2, 0) is 16.0 Å². The lowest BCUT2D eigenvalue weighted by Gasteiger charge is -2.09. The molecule has 0 heterocycles. The van der Waals surface area contributed by atoms with Gasteiger partial charge in [-0.1, -0.05) is 24.3 Å². The molecule has 0 N–H and O–H groups in total. The molecule has 2 aromatic carbocycles. The number of nitrogens with zero attached hydrogens (tertiary/aromatic N) is 2. The molecule has 2 aromatic rings. The molecule has 0 fully saturated rings.